The number of nitro groups is 1. The van der Waals surface area contributed by atoms with E-state index in [2.05, 4.69) is 4.98 Å². The predicted molar refractivity (Wildman–Crippen MR) is 116 cm³/mol. The van der Waals surface area contributed by atoms with Crippen molar-refractivity contribution < 1.29 is 4.92 Å². The summed E-state index contributed by atoms with van der Waals surface area (Å²) >= 11 is 0. The fraction of sp³-hybridized carbons (Fsp3) is 0.0870. The van der Waals surface area contributed by atoms with Crippen molar-refractivity contribution in [3.8, 4) is 33.9 Å². The standard InChI is InChI=1S/C23H20N4O2/c1-26(2)19-14-13-18(15-20(19)27(28)29)23-24-21(16-9-5-3-6-10-16)22(25-23)17-11-7-4-8-12-17/h3-15H,1-2H3,(H,24,25). The highest BCUT2D eigenvalue weighted by Crippen LogP contribution is 2.35. The van der Waals surface area contributed by atoms with Gasteiger partial charge in [-0.15, -0.1) is 0 Å². The van der Waals surface area contributed by atoms with Crippen LogP contribution in [0.1, 0.15) is 0 Å². The summed E-state index contributed by atoms with van der Waals surface area (Å²) in [5.41, 5.74) is 4.94. The zero-order valence-corrected chi connectivity index (χ0v) is 16.2. The van der Waals surface area contributed by atoms with Gasteiger partial charge in [0.1, 0.15) is 11.5 Å². The molecule has 0 fully saturated rings. The third-order valence-corrected chi connectivity index (χ3v) is 4.74. The van der Waals surface area contributed by atoms with Crippen LogP contribution in [0.4, 0.5) is 11.4 Å². The average Bonchev–Trinajstić information content (AvgIpc) is 3.20. The van der Waals surface area contributed by atoms with Crippen molar-refractivity contribution in [2.45, 2.75) is 0 Å². The summed E-state index contributed by atoms with van der Waals surface area (Å²) in [6.45, 7) is 0. The SMILES string of the molecule is CN(C)c1ccc(-c2nc(-c3ccccc3)c(-c3ccccc3)[nH]2)cc1[N+](=O)[O-]. The maximum absolute atomic E-state index is 11.6. The van der Waals surface area contributed by atoms with Gasteiger partial charge in [0.2, 0.25) is 0 Å². The van der Waals surface area contributed by atoms with E-state index in [1.807, 2.05) is 66.7 Å². The van der Waals surface area contributed by atoms with Crippen molar-refractivity contribution in [1.82, 2.24) is 9.97 Å². The normalized spacial score (nSPS) is 10.7. The number of H-pyrrole nitrogens is 1. The van der Waals surface area contributed by atoms with Gasteiger partial charge in [-0.1, -0.05) is 60.7 Å². The summed E-state index contributed by atoms with van der Waals surface area (Å²) in [6.07, 6.45) is 0. The molecule has 144 valence electrons. The van der Waals surface area contributed by atoms with Crippen LogP contribution >= 0.6 is 0 Å². The summed E-state index contributed by atoms with van der Waals surface area (Å²) in [4.78, 5) is 21.1. The zero-order valence-electron chi connectivity index (χ0n) is 16.2. The Hall–Kier alpha value is -3.93. The van der Waals surface area contributed by atoms with E-state index in [4.69, 9.17) is 4.98 Å². The molecule has 0 amide bonds. The molecule has 0 radical (unpaired) electrons. The minimum Gasteiger partial charge on any atom is -0.372 e. The molecule has 0 atom stereocenters. The number of aromatic amines is 1. The number of hydrogen-bond donors (Lipinski definition) is 1. The second kappa shape index (κ2) is 7.59. The first-order valence-corrected chi connectivity index (χ1v) is 9.21. The van der Waals surface area contributed by atoms with Crippen LogP contribution in [-0.4, -0.2) is 29.0 Å². The molecule has 0 aliphatic rings. The molecule has 4 aromatic rings. The number of nitrogens with one attached hydrogen (secondary N) is 1. The Kier molecular flexibility index (Phi) is 4.83. The van der Waals surface area contributed by atoms with Crippen LogP contribution < -0.4 is 4.90 Å². The first kappa shape index (κ1) is 18.4. The molecule has 0 unspecified atom stereocenters. The van der Waals surface area contributed by atoms with E-state index in [1.54, 1.807) is 31.1 Å². The summed E-state index contributed by atoms with van der Waals surface area (Å²) < 4.78 is 0. The number of imidazole rings is 1. The lowest BCUT2D eigenvalue weighted by Crippen LogP contribution is -2.11. The molecule has 6 heteroatoms. The van der Waals surface area contributed by atoms with Gasteiger partial charge in [0.05, 0.1) is 16.3 Å². The number of aromatic nitrogens is 2. The highest BCUT2D eigenvalue weighted by atomic mass is 16.6. The lowest BCUT2D eigenvalue weighted by Gasteiger charge is -2.12. The fourth-order valence-electron chi connectivity index (χ4n) is 3.32. The van der Waals surface area contributed by atoms with E-state index in [9.17, 15) is 10.1 Å². The van der Waals surface area contributed by atoms with Gasteiger partial charge in [0.15, 0.2) is 0 Å². The van der Waals surface area contributed by atoms with Crippen molar-refractivity contribution in [3.63, 3.8) is 0 Å². The maximum Gasteiger partial charge on any atom is 0.293 e. The van der Waals surface area contributed by atoms with E-state index in [0.29, 0.717) is 17.1 Å². The van der Waals surface area contributed by atoms with Gasteiger partial charge in [0, 0.05) is 36.9 Å². The first-order chi connectivity index (χ1) is 14.0. The lowest BCUT2D eigenvalue weighted by molar-refractivity contribution is -0.384. The second-order valence-corrected chi connectivity index (χ2v) is 6.90. The van der Waals surface area contributed by atoms with Crippen LogP contribution in [0, 0.1) is 10.1 Å². The van der Waals surface area contributed by atoms with E-state index in [1.165, 1.54) is 0 Å². The lowest BCUT2D eigenvalue weighted by atomic mass is 10.1. The first-order valence-electron chi connectivity index (χ1n) is 9.21. The second-order valence-electron chi connectivity index (χ2n) is 6.90. The van der Waals surface area contributed by atoms with E-state index in [-0.39, 0.29) is 10.6 Å². The highest BCUT2D eigenvalue weighted by molar-refractivity contribution is 5.82. The van der Waals surface area contributed by atoms with E-state index in [0.717, 1.165) is 22.5 Å². The molecule has 0 saturated heterocycles. The third-order valence-electron chi connectivity index (χ3n) is 4.74. The van der Waals surface area contributed by atoms with Crippen LogP contribution in [0.25, 0.3) is 33.9 Å². The Morgan fingerprint density at radius 2 is 1.48 bits per heavy atom. The van der Waals surface area contributed by atoms with Crippen LogP contribution in [0.15, 0.2) is 78.9 Å². The summed E-state index contributed by atoms with van der Waals surface area (Å²) in [7, 11) is 3.58. The van der Waals surface area contributed by atoms with Crippen molar-refractivity contribution >= 4 is 11.4 Å². The number of hydrogen-bond acceptors (Lipinski definition) is 4. The molecule has 1 N–H and O–H groups in total. The molecule has 0 spiro atoms. The Morgan fingerprint density at radius 1 is 0.862 bits per heavy atom. The van der Waals surface area contributed by atoms with Gasteiger partial charge >= 0.3 is 0 Å². The fourth-order valence-corrected chi connectivity index (χ4v) is 3.32. The quantitative estimate of drug-likeness (QED) is 0.370. The monoisotopic (exact) mass is 384 g/mol. The Balaban J connectivity index is 1.89. The Labute approximate surface area is 168 Å². The highest BCUT2D eigenvalue weighted by Gasteiger charge is 2.20. The molecule has 0 aliphatic heterocycles. The van der Waals surface area contributed by atoms with Gasteiger partial charge in [-0.25, -0.2) is 4.98 Å². The Morgan fingerprint density at radius 3 is 2.07 bits per heavy atom. The van der Waals surface area contributed by atoms with Crippen LogP contribution in [0.5, 0.6) is 0 Å². The summed E-state index contributed by atoms with van der Waals surface area (Å²) in [5, 5.41) is 11.6. The smallest absolute Gasteiger partial charge is 0.293 e. The van der Waals surface area contributed by atoms with E-state index >= 15 is 0 Å². The van der Waals surface area contributed by atoms with Gasteiger partial charge in [-0.2, -0.15) is 0 Å². The van der Waals surface area contributed by atoms with Crippen LogP contribution in [-0.2, 0) is 0 Å². The number of benzene rings is 3. The van der Waals surface area contributed by atoms with Gasteiger partial charge in [0.25, 0.3) is 5.69 Å². The van der Waals surface area contributed by atoms with Gasteiger partial charge < -0.3 is 9.88 Å². The molecule has 0 saturated carbocycles. The van der Waals surface area contributed by atoms with Crippen molar-refractivity contribution in [1.29, 1.82) is 0 Å². The number of nitrogens with zero attached hydrogens (tertiary/aromatic N) is 3. The molecule has 3 aromatic carbocycles. The molecule has 29 heavy (non-hydrogen) atoms. The average molecular weight is 384 g/mol. The number of anilines is 1. The zero-order chi connectivity index (χ0) is 20.4. The van der Waals surface area contributed by atoms with Crippen molar-refractivity contribution in [2.75, 3.05) is 19.0 Å². The molecule has 0 bridgehead atoms. The molecule has 4 rings (SSSR count). The Bertz CT molecular complexity index is 1100. The van der Waals surface area contributed by atoms with Crippen LogP contribution in [0.2, 0.25) is 0 Å². The van der Waals surface area contributed by atoms with Crippen LogP contribution in [0.3, 0.4) is 0 Å². The van der Waals surface area contributed by atoms with Gasteiger partial charge in [-0.3, -0.25) is 10.1 Å². The molecule has 0 aliphatic carbocycles. The number of rotatable bonds is 5. The largest absolute Gasteiger partial charge is 0.372 e. The molecule has 1 aromatic heterocycles. The summed E-state index contributed by atoms with van der Waals surface area (Å²) in [5.74, 6) is 0.594. The minimum atomic E-state index is -0.363. The van der Waals surface area contributed by atoms with E-state index < -0.39 is 0 Å². The molecule has 6 nitrogen and oxygen atoms in total. The van der Waals surface area contributed by atoms with Crippen molar-refractivity contribution in [2.24, 2.45) is 0 Å². The topological polar surface area (TPSA) is 75.1 Å². The molecular weight excluding hydrogens is 364 g/mol. The molecular formula is C23H20N4O2. The maximum atomic E-state index is 11.6. The predicted octanol–water partition coefficient (Wildman–Crippen LogP) is 5.38. The molecule has 1 heterocycles. The van der Waals surface area contributed by atoms with Crippen molar-refractivity contribution in [3.05, 3.63) is 89.0 Å². The van der Waals surface area contributed by atoms with Gasteiger partial charge in [-0.05, 0) is 12.1 Å². The minimum absolute atomic E-state index is 0.0476. The third kappa shape index (κ3) is 3.60. The number of nitro benzene ring substituents is 1. The summed E-state index contributed by atoms with van der Waals surface area (Å²) in [6, 6.07) is 25.0.